The van der Waals surface area contributed by atoms with Crippen LogP contribution in [0.15, 0.2) is 48.5 Å². The molecule has 1 N–H and O–H groups in total. The maximum Gasteiger partial charge on any atom is 0.226 e. The second-order valence-corrected chi connectivity index (χ2v) is 8.59. The van der Waals surface area contributed by atoms with Crippen molar-refractivity contribution in [1.82, 2.24) is 4.90 Å². The lowest BCUT2D eigenvalue weighted by atomic mass is 10.0. The third-order valence-corrected chi connectivity index (χ3v) is 5.22. The van der Waals surface area contributed by atoms with Gasteiger partial charge in [0.05, 0.1) is 6.04 Å². The molecule has 2 aromatic carbocycles. The Labute approximate surface area is 181 Å². The van der Waals surface area contributed by atoms with Gasteiger partial charge in [-0.05, 0) is 36.2 Å². The van der Waals surface area contributed by atoms with E-state index in [9.17, 15) is 9.59 Å². The van der Waals surface area contributed by atoms with Crippen molar-refractivity contribution in [2.24, 2.45) is 11.8 Å². The topological polar surface area (TPSA) is 52.7 Å². The van der Waals surface area contributed by atoms with E-state index >= 15 is 0 Å². The normalized spacial score (nSPS) is 12.0. The van der Waals surface area contributed by atoms with E-state index in [2.05, 4.69) is 24.4 Å². The van der Waals surface area contributed by atoms with E-state index in [0.29, 0.717) is 6.54 Å². The average Bonchev–Trinajstić information content (AvgIpc) is 2.71. The van der Waals surface area contributed by atoms with Crippen molar-refractivity contribution in [1.29, 1.82) is 0 Å². The smallest absolute Gasteiger partial charge is 0.226 e. The van der Waals surface area contributed by atoms with Gasteiger partial charge in [-0.25, -0.2) is 0 Å². The zero-order valence-electron chi connectivity index (χ0n) is 19.3. The molecule has 1 atom stereocenters. The van der Waals surface area contributed by atoms with Crippen LogP contribution in [0.4, 0.5) is 11.4 Å². The van der Waals surface area contributed by atoms with Crippen LogP contribution in [0.25, 0.3) is 0 Å². The van der Waals surface area contributed by atoms with Crippen LogP contribution in [-0.4, -0.2) is 30.8 Å². The summed E-state index contributed by atoms with van der Waals surface area (Å²) < 4.78 is 0. The minimum absolute atomic E-state index is 0.0219. The standard InChI is InChI=1S/C25H35N3O2/c1-17(2)24(29)26-22-13-14-23(27(6)7)21(15-22)16-28(25(30)18(3)4)19(5)20-11-9-8-10-12-20/h8-15,17-19H,16H2,1-7H3,(H,26,29). The van der Waals surface area contributed by atoms with Crippen LogP contribution >= 0.6 is 0 Å². The molecule has 0 aliphatic carbocycles. The second-order valence-electron chi connectivity index (χ2n) is 8.59. The van der Waals surface area contributed by atoms with Gasteiger partial charge in [0.1, 0.15) is 0 Å². The van der Waals surface area contributed by atoms with E-state index in [1.165, 1.54) is 0 Å². The number of carbonyl (C=O) groups excluding carboxylic acids is 2. The molecule has 0 saturated carbocycles. The molecule has 0 fully saturated rings. The van der Waals surface area contributed by atoms with Gasteiger partial charge < -0.3 is 15.1 Å². The third kappa shape index (κ3) is 5.85. The summed E-state index contributed by atoms with van der Waals surface area (Å²) in [6, 6.07) is 15.9. The number of benzene rings is 2. The summed E-state index contributed by atoms with van der Waals surface area (Å²) in [5.41, 5.74) is 3.87. The van der Waals surface area contributed by atoms with Gasteiger partial charge in [-0.3, -0.25) is 9.59 Å². The van der Waals surface area contributed by atoms with Crippen molar-refractivity contribution in [3.63, 3.8) is 0 Å². The fraction of sp³-hybridized carbons (Fsp3) is 0.440. The molecule has 162 valence electrons. The van der Waals surface area contributed by atoms with Crippen molar-refractivity contribution < 1.29 is 9.59 Å². The van der Waals surface area contributed by atoms with Gasteiger partial charge in [-0.1, -0.05) is 58.0 Å². The van der Waals surface area contributed by atoms with Crippen LogP contribution < -0.4 is 10.2 Å². The highest BCUT2D eigenvalue weighted by Gasteiger charge is 2.25. The van der Waals surface area contributed by atoms with Crippen LogP contribution in [0.1, 0.15) is 51.8 Å². The highest BCUT2D eigenvalue weighted by atomic mass is 16.2. The van der Waals surface area contributed by atoms with E-state index in [4.69, 9.17) is 0 Å². The summed E-state index contributed by atoms with van der Waals surface area (Å²) in [5.74, 6) is -0.124. The van der Waals surface area contributed by atoms with Crippen molar-refractivity contribution in [2.75, 3.05) is 24.3 Å². The van der Waals surface area contributed by atoms with Crippen molar-refractivity contribution in [2.45, 2.75) is 47.2 Å². The van der Waals surface area contributed by atoms with E-state index in [1.807, 2.05) is 88.0 Å². The van der Waals surface area contributed by atoms with Crippen molar-refractivity contribution in [3.8, 4) is 0 Å². The minimum Gasteiger partial charge on any atom is -0.377 e. The van der Waals surface area contributed by atoms with Gasteiger partial charge in [0.25, 0.3) is 0 Å². The van der Waals surface area contributed by atoms with E-state index in [-0.39, 0.29) is 29.7 Å². The molecule has 1 unspecified atom stereocenters. The summed E-state index contributed by atoms with van der Waals surface area (Å²) in [5, 5.41) is 2.97. The Kier molecular flexibility index (Phi) is 8.04. The highest BCUT2D eigenvalue weighted by Crippen LogP contribution is 2.29. The Morgan fingerprint density at radius 1 is 0.900 bits per heavy atom. The SMILES string of the molecule is CC(C)C(=O)Nc1ccc(N(C)C)c(CN(C(=O)C(C)C)C(C)c2ccccc2)c1. The van der Waals surface area contributed by atoms with Crippen molar-refractivity contribution >= 4 is 23.2 Å². The monoisotopic (exact) mass is 409 g/mol. The fourth-order valence-electron chi connectivity index (χ4n) is 3.35. The van der Waals surface area contributed by atoms with Gasteiger partial charge in [-0.15, -0.1) is 0 Å². The maximum absolute atomic E-state index is 13.1. The Balaban J connectivity index is 2.44. The van der Waals surface area contributed by atoms with Crippen LogP contribution in [0, 0.1) is 11.8 Å². The van der Waals surface area contributed by atoms with Crippen LogP contribution in [0.5, 0.6) is 0 Å². The van der Waals surface area contributed by atoms with E-state index in [0.717, 1.165) is 22.5 Å². The molecule has 5 nitrogen and oxygen atoms in total. The molecule has 0 aromatic heterocycles. The molecule has 0 spiro atoms. The quantitative estimate of drug-likeness (QED) is 0.660. The molecule has 0 aliphatic rings. The molecule has 2 amide bonds. The van der Waals surface area contributed by atoms with Crippen LogP contribution in [0.3, 0.4) is 0 Å². The summed E-state index contributed by atoms with van der Waals surface area (Å²) in [7, 11) is 3.97. The molecule has 0 saturated heterocycles. The van der Waals surface area contributed by atoms with Gasteiger partial charge in [0.15, 0.2) is 0 Å². The van der Waals surface area contributed by atoms with E-state index < -0.39 is 0 Å². The molecule has 30 heavy (non-hydrogen) atoms. The number of hydrogen-bond donors (Lipinski definition) is 1. The molecule has 2 rings (SSSR count). The first-order chi connectivity index (χ1) is 14.1. The largest absolute Gasteiger partial charge is 0.377 e. The van der Waals surface area contributed by atoms with Gasteiger partial charge in [0, 0.05) is 43.9 Å². The summed E-state index contributed by atoms with van der Waals surface area (Å²) in [6.45, 7) is 10.1. The lowest BCUT2D eigenvalue weighted by Gasteiger charge is -2.33. The first-order valence-corrected chi connectivity index (χ1v) is 10.6. The predicted molar refractivity (Wildman–Crippen MR) is 124 cm³/mol. The second kappa shape index (κ2) is 10.3. The van der Waals surface area contributed by atoms with Crippen LogP contribution in [-0.2, 0) is 16.1 Å². The Hall–Kier alpha value is -2.82. The lowest BCUT2D eigenvalue weighted by Crippen LogP contribution is -2.36. The molecular weight excluding hydrogens is 374 g/mol. The van der Waals surface area contributed by atoms with Crippen LogP contribution in [0.2, 0.25) is 0 Å². The molecule has 0 aliphatic heterocycles. The highest BCUT2D eigenvalue weighted by molar-refractivity contribution is 5.92. The summed E-state index contributed by atoms with van der Waals surface area (Å²) in [6.07, 6.45) is 0. The maximum atomic E-state index is 13.1. The zero-order valence-corrected chi connectivity index (χ0v) is 19.3. The number of rotatable bonds is 8. The minimum atomic E-state index is -0.109. The third-order valence-electron chi connectivity index (χ3n) is 5.22. The Bertz CT molecular complexity index is 860. The number of anilines is 2. The number of carbonyl (C=O) groups is 2. The van der Waals surface area contributed by atoms with Gasteiger partial charge in [-0.2, -0.15) is 0 Å². The molecule has 0 heterocycles. The number of nitrogens with one attached hydrogen (secondary N) is 1. The summed E-state index contributed by atoms with van der Waals surface area (Å²) >= 11 is 0. The van der Waals surface area contributed by atoms with E-state index in [1.54, 1.807) is 0 Å². The first kappa shape index (κ1) is 23.5. The first-order valence-electron chi connectivity index (χ1n) is 10.6. The van der Waals surface area contributed by atoms with Gasteiger partial charge >= 0.3 is 0 Å². The Morgan fingerprint density at radius 3 is 2.07 bits per heavy atom. The number of hydrogen-bond acceptors (Lipinski definition) is 3. The van der Waals surface area contributed by atoms with Crippen molar-refractivity contribution in [3.05, 3.63) is 59.7 Å². The molecule has 5 heteroatoms. The predicted octanol–water partition coefficient (Wildman–Crippen LogP) is 5.09. The molecular formula is C25H35N3O2. The lowest BCUT2D eigenvalue weighted by molar-refractivity contribution is -0.137. The average molecular weight is 410 g/mol. The van der Waals surface area contributed by atoms with Gasteiger partial charge in [0.2, 0.25) is 11.8 Å². The number of amides is 2. The fourth-order valence-corrected chi connectivity index (χ4v) is 3.35. The molecule has 0 radical (unpaired) electrons. The molecule has 2 aromatic rings. The Morgan fingerprint density at radius 2 is 1.53 bits per heavy atom. The number of nitrogens with zero attached hydrogens (tertiary/aromatic N) is 2. The zero-order chi connectivity index (χ0) is 22.4. The molecule has 0 bridgehead atoms. The summed E-state index contributed by atoms with van der Waals surface area (Å²) in [4.78, 5) is 29.3.